The van der Waals surface area contributed by atoms with E-state index in [1.165, 1.54) is 4.90 Å². The molecule has 0 aromatic heterocycles. The summed E-state index contributed by atoms with van der Waals surface area (Å²) in [6, 6.07) is 3.76. The van der Waals surface area contributed by atoms with Crippen molar-refractivity contribution in [3.8, 4) is 5.75 Å². The van der Waals surface area contributed by atoms with Crippen LogP contribution >= 0.6 is 0 Å². The number of nitrogens with zero attached hydrogens (tertiary/aromatic N) is 2. The average Bonchev–Trinajstić information content (AvgIpc) is 2.75. The number of piperazine rings is 1. The Morgan fingerprint density at radius 1 is 1.32 bits per heavy atom. The Morgan fingerprint density at radius 3 is 2.74 bits per heavy atom. The van der Waals surface area contributed by atoms with E-state index in [1.807, 2.05) is 25.1 Å². The van der Waals surface area contributed by atoms with Crippen molar-refractivity contribution in [2.24, 2.45) is 5.73 Å². The second-order valence-electron chi connectivity index (χ2n) is 7.79. The van der Waals surface area contributed by atoms with E-state index in [4.69, 9.17) is 10.4 Å². The summed E-state index contributed by atoms with van der Waals surface area (Å²) in [6.07, 6.45) is 0.383. The molecule has 0 spiro atoms. The first-order chi connectivity index (χ1) is 14.8. The van der Waals surface area contributed by atoms with Crippen molar-refractivity contribution in [3.63, 3.8) is 0 Å². The maximum absolute atomic E-state index is 12.8. The van der Waals surface area contributed by atoms with Gasteiger partial charge in [-0.15, -0.1) is 0 Å². The monoisotopic (exact) mass is 430 g/mol. The lowest BCUT2D eigenvalue weighted by Crippen LogP contribution is -2.60. The van der Waals surface area contributed by atoms with Gasteiger partial charge in [-0.05, 0) is 31.4 Å². The van der Waals surface area contributed by atoms with Crippen LogP contribution in [0.15, 0.2) is 18.2 Å². The number of rotatable bonds is 6. The minimum absolute atomic E-state index is 0.0427. The molecule has 31 heavy (non-hydrogen) atoms. The van der Waals surface area contributed by atoms with E-state index < -0.39 is 36.8 Å². The summed E-state index contributed by atoms with van der Waals surface area (Å²) in [4.78, 5) is 51.6. The zero-order valence-corrected chi connectivity index (χ0v) is 17.7. The molecule has 1 saturated heterocycles. The smallest absolute Gasteiger partial charge is 0.526 e. The molecule has 0 bridgehead atoms. The van der Waals surface area contributed by atoms with Gasteiger partial charge in [0.05, 0.1) is 0 Å². The lowest BCUT2D eigenvalue weighted by Gasteiger charge is -2.33. The third-order valence-electron chi connectivity index (χ3n) is 5.74. The fraction of sp³-hybridized carbons (Fsp3) is 0.500. The maximum atomic E-state index is 12.8. The molecule has 11 heteroatoms. The molecule has 4 N–H and O–H groups in total. The van der Waals surface area contributed by atoms with Crippen LogP contribution in [0.3, 0.4) is 0 Å². The number of likely N-dealkylation sites (N-methyl/N-ethyl adjacent to an activating group) is 1. The van der Waals surface area contributed by atoms with E-state index in [0.29, 0.717) is 18.7 Å². The third kappa shape index (κ3) is 4.72. The molecule has 2 heterocycles. The number of para-hydroxylation sites is 1. The molecule has 1 aromatic carbocycles. The standard InChI is InChI=1S/C20H27BN4O6/c1-3-24-7-8-25(19(28)18(24)27)20(29)23-15(11-22)16(26)10-14-9-13-6-4-5-12(2)17(13)31-21(14)30/h4-6,14-15,30H,3,7-11,22H2,1-2H3,(H,23,29)/t14-,15-/m1/s1. The number of benzene rings is 1. The number of Topliss-reactive ketones (excluding diaryl/α,β-unsaturated/α-hetero) is 1. The second kappa shape index (κ2) is 9.48. The number of amides is 4. The number of imide groups is 1. The predicted molar refractivity (Wildman–Crippen MR) is 112 cm³/mol. The minimum Gasteiger partial charge on any atom is -0.536 e. The summed E-state index contributed by atoms with van der Waals surface area (Å²) in [6.45, 7) is 4.09. The Morgan fingerprint density at radius 2 is 2.06 bits per heavy atom. The van der Waals surface area contributed by atoms with Crippen LogP contribution < -0.4 is 15.7 Å². The largest absolute Gasteiger partial charge is 0.536 e. The molecule has 1 fully saturated rings. The molecule has 166 valence electrons. The average molecular weight is 430 g/mol. The van der Waals surface area contributed by atoms with E-state index in [2.05, 4.69) is 5.32 Å². The van der Waals surface area contributed by atoms with Crippen molar-refractivity contribution in [3.05, 3.63) is 29.3 Å². The number of hydrogen-bond acceptors (Lipinski definition) is 7. The fourth-order valence-electron chi connectivity index (χ4n) is 3.88. The highest BCUT2D eigenvalue weighted by Crippen LogP contribution is 2.35. The Balaban J connectivity index is 1.62. The highest BCUT2D eigenvalue weighted by molar-refractivity contribution is 6.46. The van der Waals surface area contributed by atoms with Crippen LogP contribution in [0.5, 0.6) is 5.75 Å². The van der Waals surface area contributed by atoms with Crippen molar-refractivity contribution in [2.45, 2.75) is 38.5 Å². The van der Waals surface area contributed by atoms with Crippen LogP contribution in [0.4, 0.5) is 4.79 Å². The van der Waals surface area contributed by atoms with Gasteiger partial charge in [-0.2, -0.15) is 0 Å². The number of ketones is 1. The summed E-state index contributed by atoms with van der Waals surface area (Å²) in [5.74, 6) is -1.95. The quantitative estimate of drug-likeness (QED) is 0.407. The van der Waals surface area contributed by atoms with Gasteiger partial charge in [0.15, 0.2) is 5.78 Å². The minimum atomic E-state index is -1.16. The van der Waals surface area contributed by atoms with Gasteiger partial charge < -0.3 is 25.6 Å². The molecule has 0 radical (unpaired) electrons. The number of nitrogens with one attached hydrogen (secondary N) is 1. The van der Waals surface area contributed by atoms with Crippen LogP contribution in [0.2, 0.25) is 5.82 Å². The summed E-state index contributed by atoms with van der Waals surface area (Å²) >= 11 is 0. The van der Waals surface area contributed by atoms with Crippen molar-refractivity contribution in [2.75, 3.05) is 26.2 Å². The van der Waals surface area contributed by atoms with Gasteiger partial charge in [0.2, 0.25) is 0 Å². The molecular weight excluding hydrogens is 403 g/mol. The SMILES string of the molecule is CCN1CCN(C(=O)N[C@H](CN)C(=O)C[C@H]2Cc3cccc(C)c3OB2O)C(=O)C1=O. The molecule has 4 amide bonds. The van der Waals surface area contributed by atoms with Crippen molar-refractivity contribution >= 4 is 30.7 Å². The summed E-state index contributed by atoms with van der Waals surface area (Å²) in [5, 5.41) is 12.8. The number of hydrogen-bond donors (Lipinski definition) is 3. The van der Waals surface area contributed by atoms with E-state index >= 15 is 0 Å². The summed E-state index contributed by atoms with van der Waals surface area (Å²) < 4.78 is 5.60. The summed E-state index contributed by atoms with van der Waals surface area (Å²) in [7, 11) is -1.16. The van der Waals surface area contributed by atoms with Crippen LogP contribution in [0.1, 0.15) is 24.5 Å². The van der Waals surface area contributed by atoms with E-state index in [1.54, 1.807) is 6.92 Å². The first-order valence-corrected chi connectivity index (χ1v) is 10.3. The normalized spacial score (nSPS) is 19.6. The molecule has 2 aliphatic heterocycles. The van der Waals surface area contributed by atoms with Gasteiger partial charge in [0.25, 0.3) is 0 Å². The number of aryl methyl sites for hydroxylation is 1. The first kappa shape index (κ1) is 22.8. The Kier molecular flexibility index (Phi) is 6.96. The lowest BCUT2D eigenvalue weighted by molar-refractivity contribution is -0.153. The maximum Gasteiger partial charge on any atom is 0.526 e. The molecular formula is C20H27BN4O6. The molecule has 0 unspecified atom stereocenters. The third-order valence-corrected chi connectivity index (χ3v) is 5.74. The molecule has 0 saturated carbocycles. The lowest BCUT2D eigenvalue weighted by atomic mass is 9.64. The van der Waals surface area contributed by atoms with E-state index in [0.717, 1.165) is 16.0 Å². The van der Waals surface area contributed by atoms with Crippen molar-refractivity contribution < 1.29 is 28.9 Å². The Labute approximate surface area is 180 Å². The van der Waals surface area contributed by atoms with Crippen LogP contribution in [-0.4, -0.2) is 77.8 Å². The van der Waals surface area contributed by atoms with Gasteiger partial charge >= 0.3 is 25.0 Å². The number of urea groups is 1. The van der Waals surface area contributed by atoms with E-state index in [-0.39, 0.29) is 31.8 Å². The number of carbonyl (C=O) groups is 4. The Hall–Kier alpha value is -2.92. The van der Waals surface area contributed by atoms with Gasteiger partial charge in [-0.1, -0.05) is 18.2 Å². The van der Waals surface area contributed by atoms with Gasteiger partial charge in [-0.25, -0.2) is 4.79 Å². The highest BCUT2D eigenvalue weighted by Gasteiger charge is 2.39. The fourth-order valence-corrected chi connectivity index (χ4v) is 3.88. The van der Waals surface area contributed by atoms with Gasteiger partial charge in [-0.3, -0.25) is 19.3 Å². The number of fused-ring (bicyclic) bond motifs is 1. The van der Waals surface area contributed by atoms with Crippen LogP contribution in [-0.2, 0) is 20.8 Å². The summed E-state index contributed by atoms with van der Waals surface area (Å²) in [5.41, 5.74) is 7.48. The molecule has 1 aromatic rings. The molecule has 10 nitrogen and oxygen atoms in total. The number of nitrogens with two attached hydrogens (primary N) is 1. The zero-order chi connectivity index (χ0) is 22.7. The molecule has 0 aliphatic carbocycles. The van der Waals surface area contributed by atoms with E-state index in [9.17, 15) is 24.2 Å². The molecule has 3 rings (SSSR count). The first-order valence-electron chi connectivity index (χ1n) is 10.3. The number of carbonyl (C=O) groups excluding carboxylic acids is 4. The van der Waals surface area contributed by atoms with Gasteiger partial charge in [0, 0.05) is 38.4 Å². The van der Waals surface area contributed by atoms with Crippen molar-refractivity contribution in [1.82, 2.24) is 15.1 Å². The van der Waals surface area contributed by atoms with Gasteiger partial charge in [0.1, 0.15) is 11.8 Å². The topological polar surface area (TPSA) is 142 Å². The van der Waals surface area contributed by atoms with Crippen molar-refractivity contribution in [1.29, 1.82) is 0 Å². The molecule has 2 aliphatic rings. The highest BCUT2D eigenvalue weighted by atomic mass is 16.5. The van der Waals surface area contributed by atoms with Crippen LogP contribution in [0.25, 0.3) is 0 Å². The predicted octanol–water partition coefficient (Wildman–Crippen LogP) is -0.533. The Bertz CT molecular complexity index is 894. The van der Waals surface area contributed by atoms with Crippen LogP contribution in [0, 0.1) is 6.92 Å². The molecule has 2 atom stereocenters. The zero-order valence-electron chi connectivity index (χ0n) is 17.7. The second-order valence-corrected chi connectivity index (χ2v) is 7.79.